The van der Waals surface area contributed by atoms with Crippen LogP contribution in [0.3, 0.4) is 0 Å². The van der Waals surface area contributed by atoms with E-state index in [2.05, 4.69) is 22.9 Å². The van der Waals surface area contributed by atoms with Crippen LogP contribution in [0, 0.1) is 0 Å². The highest BCUT2D eigenvalue weighted by molar-refractivity contribution is 5.93. The molecule has 1 saturated heterocycles. The number of hydrogen-bond acceptors (Lipinski definition) is 5. The quantitative estimate of drug-likeness (QED) is 0.484. The van der Waals surface area contributed by atoms with Gasteiger partial charge in [0.25, 0.3) is 0 Å². The van der Waals surface area contributed by atoms with E-state index in [1.54, 1.807) is 12.0 Å². The van der Waals surface area contributed by atoms with E-state index in [-0.39, 0.29) is 30.8 Å². The summed E-state index contributed by atoms with van der Waals surface area (Å²) in [6.45, 7) is 5.93. The Morgan fingerprint density at radius 2 is 1.73 bits per heavy atom. The number of urea groups is 1. The molecule has 0 atom stereocenters. The summed E-state index contributed by atoms with van der Waals surface area (Å²) in [4.78, 5) is 40.0. The number of nitrogens with zero attached hydrogens (tertiary/aromatic N) is 2. The summed E-state index contributed by atoms with van der Waals surface area (Å²) in [5.41, 5.74) is 1.97. The van der Waals surface area contributed by atoms with Gasteiger partial charge in [0.15, 0.2) is 0 Å². The molecule has 166 valence electrons. The first-order chi connectivity index (χ1) is 14.5. The Morgan fingerprint density at radius 1 is 1.00 bits per heavy atom. The monoisotopic (exact) mass is 419 g/mol. The van der Waals surface area contributed by atoms with Gasteiger partial charge in [-0.3, -0.25) is 14.5 Å². The molecule has 0 bridgehead atoms. The van der Waals surface area contributed by atoms with Crippen LogP contribution in [0.2, 0.25) is 0 Å². The molecule has 9 nitrogen and oxygen atoms in total. The van der Waals surface area contributed by atoms with Gasteiger partial charge in [-0.2, -0.15) is 0 Å². The van der Waals surface area contributed by atoms with Crippen molar-refractivity contribution in [2.45, 2.75) is 19.8 Å². The van der Waals surface area contributed by atoms with Gasteiger partial charge in [-0.15, -0.1) is 0 Å². The fraction of sp³-hybridized carbons (Fsp3) is 0.571. The van der Waals surface area contributed by atoms with Gasteiger partial charge in [-0.05, 0) is 18.1 Å². The Morgan fingerprint density at radius 3 is 2.43 bits per heavy atom. The Kier molecular flexibility index (Phi) is 10.1. The van der Waals surface area contributed by atoms with E-state index in [0.29, 0.717) is 45.9 Å². The lowest BCUT2D eigenvalue weighted by Crippen LogP contribution is -2.53. The second kappa shape index (κ2) is 12.8. The van der Waals surface area contributed by atoms with Gasteiger partial charge in [0.05, 0.1) is 13.2 Å². The number of benzene rings is 1. The average Bonchev–Trinajstić information content (AvgIpc) is 2.74. The number of methoxy groups -OCH3 is 1. The van der Waals surface area contributed by atoms with Gasteiger partial charge in [-0.1, -0.05) is 25.1 Å². The normalized spacial score (nSPS) is 14.3. The summed E-state index contributed by atoms with van der Waals surface area (Å²) in [7, 11) is 1.57. The highest BCUT2D eigenvalue weighted by atomic mass is 16.5. The predicted molar refractivity (Wildman–Crippen MR) is 115 cm³/mol. The first-order valence-corrected chi connectivity index (χ1v) is 10.4. The van der Waals surface area contributed by atoms with Crippen LogP contribution >= 0.6 is 0 Å². The number of para-hydroxylation sites is 1. The molecule has 1 aliphatic heterocycles. The van der Waals surface area contributed by atoms with Crippen molar-refractivity contribution >= 4 is 23.5 Å². The third-order valence-electron chi connectivity index (χ3n) is 4.96. The molecule has 4 amide bonds. The number of anilines is 1. The number of ether oxygens (including phenoxy) is 1. The Bertz CT molecular complexity index is 704. The molecule has 1 aromatic rings. The zero-order valence-corrected chi connectivity index (χ0v) is 17.9. The fourth-order valence-electron chi connectivity index (χ4n) is 3.23. The van der Waals surface area contributed by atoms with Crippen LogP contribution in [-0.2, 0) is 20.7 Å². The fourth-order valence-corrected chi connectivity index (χ4v) is 3.23. The maximum Gasteiger partial charge on any atom is 0.317 e. The van der Waals surface area contributed by atoms with E-state index >= 15 is 0 Å². The highest BCUT2D eigenvalue weighted by Crippen LogP contribution is 2.15. The third-order valence-corrected chi connectivity index (χ3v) is 4.96. The van der Waals surface area contributed by atoms with E-state index in [4.69, 9.17) is 4.74 Å². The molecule has 2 rings (SSSR count). The van der Waals surface area contributed by atoms with Gasteiger partial charge in [-0.25, -0.2) is 4.79 Å². The molecule has 30 heavy (non-hydrogen) atoms. The number of carbonyl (C=O) groups is 3. The molecule has 1 fully saturated rings. The van der Waals surface area contributed by atoms with Crippen molar-refractivity contribution in [2.75, 3.05) is 64.8 Å². The lowest BCUT2D eigenvalue weighted by atomic mass is 10.1. The zero-order chi connectivity index (χ0) is 21.8. The number of rotatable bonds is 10. The van der Waals surface area contributed by atoms with E-state index in [0.717, 1.165) is 17.7 Å². The smallest absolute Gasteiger partial charge is 0.317 e. The predicted octanol–water partition coefficient (Wildman–Crippen LogP) is 0.667. The van der Waals surface area contributed by atoms with E-state index in [9.17, 15) is 14.4 Å². The first-order valence-electron chi connectivity index (χ1n) is 10.4. The lowest BCUT2D eigenvalue weighted by Gasteiger charge is -2.34. The SMILES string of the molecule is CCc1ccccc1NC(=O)CN1CCN(C(=O)NCCC(=O)NCCOC)CC1. The van der Waals surface area contributed by atoms with Crippen molar-refractivity contribution < 1.29 is 19.1 Å². The molecule has 0 saturated carbocycles. The van der Waals surface area contributed by atoms with Crippen LogP contribution in [0.1, 0.15) is 18.9 Å². The van der Waals surface area contributed by atoms with Crippen LogP contribution in [-0.4, -0.2) is 87.2 Å². The van der Waals surface area contributed by atoms with Crippen LogP contribution < -0.4 is 16.0 Å². The summed E-state index contributed by atoms with van der Waals surface area (Å²) in [5, 5.41) is 8.46. The minimum absolute atomic E-state index is 0.0479. The van der Waals surface area contributed by atoms with Gasteiger partial charge in [0.1, 0.15) is 0 Å². The molecule has 0 radical (unpaired) electrons. The third kappa shape index (κ3) is 8.00. The van der Waals surface area contributed by atoms with Crippen molar-refractivity contribution in [1.29, 1.82) is 0 Å². The molecule has 1 heterocycles. The van der Waals surface area contributed by atoms with Crippen molar-refractivity contribution in [3.05, 3.63) is 29.8 Å². The Hall–Kier alpha value is -2.65. The number of nitrogens with one attached hydrogen (secondary N) is 3. The lowest BCUT2D eigenvalue weighted by molar-refractivity contribution is -0.121. The van der Waals surface area contributed by atoms with Gasteiger partial charge in [0, 0.05) is 58.5 Å². The largest absolute Gasteiger partial charge is 0.383 e. The van der Waals surface area contributed by atoms with Crippen LogP contribution in [0.4, 0.5) is 10.5 Å². The van der Waals surface area contributed by atoms with Crippen molar-refractivity contribution in [3.63, 3.8) is 0 Å². The summed E-state index contributed by atoms with van der Waals surface area (Å²) in [5.74, 6) is -0.166. The van der Waals surface area contributed by atoms with Crippen LogP contribution in [0.25, 0.3) is 0 Å². The molecule has 0 aliphatic carbocycles. The van der Waals surface area contributed by atoms with E-state index in [1.165, 1.54) is 0 Å². The Balaban J connectivity index is 1.65. The van der Waals surface area contributed by atoms with Crippen LogP contribution in [0.15, 0.2) is 24.3 Å². The molecule has 0 aromatic heterocycles. The van der Waals surface area contributed by atoms with Crippen molar-refractivity contribution in [3.8, 4) is 0 Å². The molecule has 3 N–H and O–H groups in total. The van der Waals surface area contributed by atoms with Crippen molar-refractivity contribution in [2.24, 2.45) is 0 Å². The second-order valence-electron chi connectivity index (χ2n) is 7.15. The minimum atomic E-state index is -0.180. The molecular formula is C21H33N5O4. The Labute approximate surface area is 178 Å². The number of piperazine rings is 1. The number of aryl methyl sites for hydroxylation is 1. The molecule has 1 aromatic carbocycles. The number of hydrogen-bond donors (Lipinski definition) is 3. The maximum atomic E-state index is 12.4. The maximum absolute atomic E-state index is 12.4. The highest BCUT2D eigenvalue weighted by Gasteiger charge is 2.22. The van der Waals surface area contributed by atoms with E-state index < -0.39 is 0 Å². The van der Waals surface area contributed by atoms with Crippen molar-refractivity contribution in [1.82, 2.24) is 20.4 Å². The molecule has 0 spiro atoms. The number of carbonyl (C=O) groups excluding carboxylic acids is 3. The van der Waals surface area contributed by atoms with Gasteiger partial charge < -0.3 is 25.6 Å². The zero-order valence-electron chi connectivity index (χ0n) is 17.9. The minimum Gasteiger partial charge on any atom is -0.383 e. The van der Waals surface area contributed by atoms with E-state index in [1.807, 2.05) is 29.2 Å². The topological polar surface area (TPSA) is 103 Å². The summed E-state index contributed by atoms with van der Waals surface area (Å²) < 4.78 is 4.87. The standard InChI is InChI=1S/C21H33N5O4/c1-3-17-6-4-5-7-18(17)24-20(28)16-25-11-13-26(14-12-25)21(29)23-9-8-19(27)22-10-15-30-2/h4-7H,3,8-16H2,1-2H3,(H,22,27)(H,23,29)(H,24,28). The average molecular weight is 420 g/mol. The summed E-state index contributed by atoms with van der Waals surface area (Å²) in [6.07, 6.45) is 1.09. The molecular weight excluding hydrogens is 386 g/mol. The first kappa shape index (κ1) is 23.6. The summed E-state index contributed by atoms with van der Waals surface area (Å²) in [6, 6.07) is 7.62. The second-order valence-corrected chi connectivity index (χ2v) is 7.15. The van der Waals surface area contributed by atoms with Crippen LogP contribution in [0.5, 0.6) is 0 Å². The summed E-state index contributed by atoms with van der Waals surface area (Å²) >= 11 is 0. The molecule has 9 heteroatoms. The molecule has 1 aliphatic rings. The molecule has 0 unspecified atom stereocenters. The number of amides is 4. The van der Waals surface area contributed by atoms with Gasteiger partial charge >= 0.3 is 6.03 Å². The van der Waals surface area contributed by atoms with Gasteiger partial charge in [0.2, 0.25) is 11.8 Å².